The molecule has 2 N–H and O–H groups in total. The molecule has 6 nitrogen and oxygen atoms in total. The first-order valence-corrected chi connectivity index (χ1v) is 8.81. The molecule has 0 radical (unpaired) electrons. The maximum atomic E-state index is 12.8. The molecule has 1 aliphatic carbocycles. The first kappa shape index (κ1) is 18.0. The van der Waals surface area contributed by atoms with Crippen molar-refractivity contribution in [2.45, 2.75) is 37.8 Å². The zero-order valence-electron chi connectivity index (χ0n) is 15.5. The lowest BCUT2D eigenvalue weighted by atomic mass is 9.77. The van der Waals surface area contributed by atoms with Crippen LogP contribution in [0.3, 0.4) is 0 Å². The Morgan fingerprint density at radius 1 is 1.15 bits per heavy atom. The van der Waals surface area contributed by atoms with Gasteiger partial charge in [0.05, 0.1) is 18.3 Å². The van der Waals surface area contributed by atoms with Crippen molar-refractivity contribution < 1.29 is 29.2 Å². The second kappa shape index (κ2) is 6.34. The second-order valence-corrected chi connectivity index (χ2v) is 7.35. The standard InChI is InChI=1S/C21H22O6/c1-21(24)9-11-7-8-13(22)18(16(11)14(23)10-21)19-12-5-4-6-15(25-2)17(12)20(26-3)27-19/h4-8,19-20,22,24H,9-10H2,1-3H3. The van der Waals surface area contributed by atoms with E-state index in [-0.39, 0.29) is 18.0 Å². The number of Topliss-reactive ketones (excluding diaryl/α,β-unsaturated/α-hetero) is 1. The number of benzene rings is 2. The molecular formula is C21H22O6. The molecule has 0 fully saturated rings. The van der Waals surface area contributed by atoms with Gasteiger partial charge in [0.15, 0.2) is 12.1 Å². The molecule has 0 spiro atoms. The van der Waals surface area contributed by atoms with Crippen molar-refractivity contribution in [2.75, 3.05) is 14.2 Å². The van der Waals surface area contributed by atoms with Crippen LogP contribution in [0, 0.1) is 0 Å². The number of methoxy groups -OCH3 is 2. The number of hydrogen-bond donors (Lipinski definition) is 2. The van der Waals surface area contributed by atoms with Gasteiger partial charge < -0.3 is 24.4 Å². The Kier molecular flexibility index (Phi) is 4.22. The SMILES string of the molecule is COc1cccc2c1C(OC)OC2c1c(O)ccc2c1C(=O)CC(C)(O)C2. The van der Waals surface area contributed by atoms with Gasteiger partial charge in [-0.2, -0.15) is 0 Å². The molecule has 0 saturated carbocycles. The third kappa shape index (κ3) is 2.81. The number of carbonyl (C=O) groups excluding carboxylic acids is 1. The van der Waals surface area contributed by atoms with E-state index in [4.69, 9.17) is 14.2 Å². The van der Waals surface area contributed by atoms with E-state index in [0.717, 1.165) is 11.1 Å². The quantitative estimate of drug-likeness (QED) is 0.864. The number of fused-ring (bicyclic) bond motifs is 2. The van der Waals surface area contributed by atoms with Gasteiger partial charge in [-0.25, -0.2) is 0 Å². The first-order valence-electron chi connectivity index (χ1n) is 8.81. The van der Waals surface area contributed by atoms with Crippen LogP contribution in [0.25, 0.3) is 0 Å². The third-order valence-electron chi connectivity index (χ3n) is 5.27. The molecule has 2 aromatic rings. The van der Waals surface area contributed by atoms with Crippen LogP contribution in [0.2, 0.25) is 0 Å². The molecule has 0 saturated heterocycles. The number of carbonyl (C=O) groups is 1. The summed E-state index contributed by atoms with van der Waals surface area (Å²) < 4.78 is 17.0. The predicted octanol–water partition coefficient (Wildman–Crippen LogP) is 3.05. The summed E-state index contributed by atoms with van der Waals surface area (Å²) in [5, 5.41) is 21.0. The van der Waals surface area contributed by atoms with E-state index in [0.29, 0.717) is 28.9 Å². The van der Waals surface area contributed by atoms with Crippen LogP contribution in [0.5, 0.6) is 11.5 Å². The van der Waals surface area contributed by atoms with Crippen molar-refractivity contribution in [2.24, 2.45) is 0 Å². The predicted molar refractivity (Wildman–Crippen MR) is 97.1 cm³/mol. The van der Waals surface area contributed by atoms with Crippen molar-refractivity contribution in [3.05, 3.63) is 58.1 Å². The molecule has 3 unspecified atom stereocenters. The molecule has 0 bridgehead atoms. The zero-order chi connectivity index (χ0) is 19.3. The first-order chi connectivity index (χ1) is 12.9. The van der Waals surface area contributed by atoms with Crippen molar-refractivity contribution in [3.63, 3.8) is 0 Å². The minimum absolute atomic E-state index is 0.00183. The number of ether oxygens (including phenoxy) is 3. The fourth-order valence-corrected chi connectivity index (χ4v) is 4.18. The monoisotopic (exact) mass is 370 g/mol. The summed E-state index contributed by atoms with van der Waals surface area (Å²) in [6.07, 6.45) is -0.991. The van der Waals surface area contributed by atoms with Gasteiger partial charge >= 0.3 is 0 Å². The largest absolute Gasteiger partial charge is 0.508 e. The number of phenolic OH excluding ortho intramolecular Hbond substituents is 1. The lowest BCUT2D eigenvalue weighted by molar-refractivity contribution is -0.133. The molecule has 0 aromatic heterocycles. The molecule has 142 valence electrons. The molecule has 27 heavy (non-hydrogen) atoms. The van der Waals surface area contributed by atoms with Gasteiger partial charge in [-0.15, -0.1) is 0 Å². The van der Waals surface area contributed by atoms with Crippen LogP contribution in [0.15, 0.2) is 30.3 Å². The summed E-state index contributed by atoms with van der Waals surface area (Å²) in [5.74, 6) is 0.403. The van der Waals surface area contributed by atoms with E-state index in [9.17, 15) is 15.0 Å². The van der Waals surface area contributed by atoms with Gasteiger partial charge in [-0.3, -0.25) is 4.79 Å². The van der Waals surface area contributed by atoms with Crippen molar-refractivity contribution >= 4 is 5.78 Å². The average molecular weight is 370 g/mol. The van der Waals surface area contributed by atoms with E-state index in [2.05, 4.69) is 0 Å². The summed E-state index contributed by atoms with van der Waals surface area (Å²) >= 11 is 0. The van der Waals surface area contributed by atoms with Gasteiger partial charge in [-0.1, -0.05) is 18.2 Å². The fourth-order valence-electron chi connectivity index (χ4n) is 4.18. The Labute approximate surface area is 157 Å². The van der Waals surface area contributed by atoms with Crippen LogP contribution in [-0.2, 0) is 15.9 Å². The molecule has 3 atom stereocenters. The number of rotatable bonds is 3. The number of hydrogen-bond acceptors (Lipinski definition) is 6. The van der Waals surface area contributed by atoms with E-state index in [1.165, 1.54) is 7.11 Å². The summed E-state index contributed by atoms with van der Waals surface area (Å²) in [7, 11) is 3.11. The second-order valence-electron chi connectivity index (χ2n) is 7.35. The van der Waals surface area contributed by atoms with Crippen LogP contribution in [0.4, 0.5) is 0 Å². The van der Waals surface area contributed by atoms with Crippen LogP contribution in [-0.4, -0.2) is 35.8 Å². The number of aliphatic hydroxyl groups is 1. The van der Waals surface area contributed by atoms with Gasteiger partial charge in [0.2, 0.25) is 0 Å². The maximum Gasteiger partial charge on any atom is 0.188 e. The Bertz CT molecular complexity index is 917. The summed E-state index contributed by atoms with van der Waals surface area (Å²) in [4.78, 5) is 12.8. The van der Waals surface area contributed by atoms with Crippen molar-refractivity contribution in [1.82, 2.24) is 0 Å². The summed E-state index contributed by atoms with van der Waals surface area (Å²) in [6, 6.07) is 8.77. The zero-order valence-corrected chi connectivity index (χ0v) is 15.5. The van der Waals surface area contributed by atoms with Crippen LogP contribution in [0.1, 0.15) is 58.4 Å². The van der Waals surface area contributed by atoms with Gasteiger partial charge in [0.25, 0.3) is 0 Å². The lowest BCUT2D eigenvalue weighted by Gasteiger charge is -2.31. The topological polar surface area (TPSA) is 85.2 Å². The molecule has 6 heteroatoms. The average Bonchev–Trinajstić information content (AvgIpc) is 3.00. The van der Waals surface area contributed by atoms with Gasteiger partial charge in [0.1, 0.15) is 17.6 Å². The third-order valence-corrected chi connectivity index (χ3v) is 5.27. The summed E-state index contributed by atoms with van der Waals surface area (Å²) in [6.45, 7) is 1.65. The molecule has 1 heterocycles. The molecular weight excluding hydrogens is 348 g/mol. The minimum atomic E-state index is -1.09. The maximum absolute atomic E-state index is 12.8. The van der Waals surface area contributed by atoms with Crippen LogP contribution < -0.4 is 4.74 Å². The van der Waals surface area contributed by atoms with E-state index >= 15 is 0 Å². The Hall–Kier alpha value is -2.41. The molecule has 4 rings (SSSR count). The molecule has 1 aliphatic heterocycles. The Morgan fingerprint density at radius 3 is 2.63 bits per heavy atom. The number of aromatic hydroxyl groups is 1. The van der Waals surface area contributed by atoms with Gasteiger partial charge in [0, 0.05) is 31.1 Å². The Morgan fingerprint density at radius 2 is 1.93 bits per heavy atom. The molecule has 2 aliphatic rings. The van der Waals surface area contributed by atoms with E-state index in [1.54, 1.807) is 26.2 Å². The highest BCUT2D eigenvalue weighted by Gasteiger charge is 2.42. The minimum Gasteiger partial charge on any atom is -0.508 e. The Balaban J connectivity index is 1.91. The van der Waals surface area contributed by atoms with E-state index in [1.807, 2.05) is 18.2 Å². The molecule has 0 amide bonds. The smallest absolute Gasteiger partial charge is 0.188 e. The summed E-state index contributed by atoms with van der Waals surface area (Å²) in [5.41, 5.74) is 2.00. The highest BCUT2D eigenvalue weighted by molar-refractivity contribution is 6.01. The lowest BCUT2D eigenvalue weighted by Crippen LogP contribution is -2.36. The number of ketones is 1. The number of phenols is 1. The van der Waals surface area contributed by atoms with Gasteiger partial charge in [-0.05, 0) is 30.2 Å². The van der Waals surface area contributed by atoms with Crippen molar-refractivity contribution in [3.8, 4) is 11.5 Å². The fraction of sp³-hybridized carbons (Fsp3) is 0.381. The van der Waals surface area contributed by atoms with Crippen molar-refractivity contribution in [1.29, 1.82) is 0 Å². The van der Waals surface area contributed by atoms with Crippen LogP contribution >= 0.6 is 0 Å². The highest BCUT2D eigenvalue weighted by atomic mass is 16.7. The normalized spacial score (nSPS) is 26.6. The molecule has 2 aromatic carbocycles. The highest BCUT2D eigenvalue weighted by Crippen LogP contribution is 2.50. The van der Waals surface area contributed by atoms with E-state index < -0.39 is 18.0 Å².